The lowest BCUT2D eigenvalue weighted by Gasteiger charge is -2.37. The zero-order chi connectivity index (χ0) is 13.8. The fourth-order valence-electron chi connectivity index (χ4n) is 3.18. The van der Waals surface area contributed by atoms with Crippen LogP contribution >= 0.6 is 11.8 Å². The van der Waals surface area contributed by atoms with Crippen LogP contribution in [-0.2, 0) is 16.0 Å². The fraction of sp³-hybridized carbons (Fsp3) is 0.625. The molecule has 3 rings (SSSR count). The van der Waals surface area contributed by atoms with Crippen molar-refractivity contribution in [2.45, 2.75) is 37.7 Å². The number of ketones is 1. The van der Waals surface area contributed by atoms with Gasteiger partial charge in [-0.15, -0.1) is 0 Å². The van der Waals surface area contributed by atoms with Crippen molar-refractivity contribution in [3.63, 3.8) is 0 Å². The molecule has 4 heteroatoms. The van der Waals surface area contributed by atoms with Gasteiger partial charge in [0.25, 0.3) is 0 Å². The van der Waals surface area contributed by atoms with Crippen molar-refractivity contribution in [1.29, 1.82) is 0 Å². The summed E-state index contributed by atoms with van der Waals surface area (Å²) in [6, 6.07) is 3.97. The Kier molecular flexibility index (Phi) is 4.41. The van der Waals surface area contributed by atoms with Crippen LogP contribution in [0.4, 0.5) is 0 Å². The molecule has 2 unspecified atom stereocenters. The van der Waals surface area contributed by atoms with Crippen LogP contribution in [0.15, 0.2) is 24.5 Å². The summed E-state index contributed by atoms with van der Waals surface area (Å²) in [5.74, 6) is 2.86. The molecule has 1 spiro atoms. The normalized spacial score (nSPS) is 29.7. The van der Waals surface area contributed by atoms with Gasteiger partial charge in [0.1, 0.15) is 5.78 Å². The van der Waals surface area contributed by atoms with Gasteiger partial charge in [-0.3, -0.25) is 9.78 Å². The van der Waals surface area contributed by atoms with Crippen molar-refractivity contribution in [2.24, 2.45) is 5.92 Å². The summed E-state index contributed by atoms with van der Waals surface area (Å²) in [7, 11) is 0. The number of Topliss-reactive ketones (excluding diaryl/α,β-unsaturated/α-hetero) is 1. The highest BCUT2D eigenvalue weighted by molar-refractivity contribution is 7.99. The van der Waals surface area contributed by atoms with Crippen LogP contribution in [0.2, 0.25) is 0 Å². The zero-order valence-electron chi connectivity index (χ0n) is 11.7. The molecule has 0 aliphatic carbocycles. The van der Waals surface area contributed by atoms with Crippen molar-refractivity contribution in [3.05, 3.63) is 30.1 Å². The lowest BCUT2D eigenvalue weighted by Crippen LogP contribution is -2.42. The Morgan fingerprint density at radius 2 is 2.50 bits per heavy atom. The van der Waals surface area contributed by atoms with E-state index in [2.05, 4.69) is 4.98 Å². The average molecular weight is 291 g/mol. The summed E-state index contributed by atoms with van der Waals surface area (Å²) in [5.41, 5.74) is 1.16. The number of nitrogens with zero attached hydrogens (tertiary/aromatic N) is 1. The molecular formula is C16H21NO2S. The minimum Gasteiger partial charge on any atom is -0.374 e. The molecule has 20 heavy (non-hydrogen) atoms. The summed E-state index contributed by atoms with van der Waals surface area (Å²) in [6.07, 6.45) is 8.03. The van der Waals surface area contributed by atoms with E-state index < -0.39 is 0 Å². The summed E-state index contributed by atoms with van der Waals surface area (Å²) >= 11 is 1.96. The second-order valence-electron chi connectivity index (χ2n) is 5.85. The predicted molar refractivity (Wildman–Crippen MR) is 80.9 cm³/mol. The van der Waals surface area contributed by atoms with Crippen molar-refractivity contribution in [2.75, 3.05) is 18.1 Å². The van der Waals surface area contributed by atoms with E-state index >= 15 is 0 Å². The van der Waals surface area contributed by atoms with Crippen LogP contribution in [0.25, 0.3) is 0 Å². The third-order valence-corrected chi connectivity index (χ3v) is 5.62. The number of carbonyl (C=O) groups excluding carboxylic acids is 1. The molecule has 0 bridgehead atoms. The van der Waals surface area contributed by atoms with Gasteiger partial charge in [0.15, 0.2) is 0 Å². The Bertz CT molecular complexity index is 457. The van der Waals surface area contributed by atoms with Gasteiger partial charge in [-0.25, -0.2) is 0 Å². The van der Waals surface area contributed by atoms with E-state index in [0.29, 0.717) is 12.2 Å². The standard InChI is InChI=1S/C16H21NO2S/c18-15(4-3-13-2-1-7-17-11-13)14-5-8-19-16(10-14)6-9-20-12-16/h1-2,7,11,14H,3-6,8-10,12H2. The Morgan fingerprint density at radius 1 is 1.55 bits per heavy atom. The summed E-state index contributed by atoms with van der Waals surface area (Å²) in [4.78, 5) is 16.5. The number of aryl methyl sites for hydroxylation is 1. The smallest absolute Gasteiger partial charge is 0.136 e. The number of rotatable bonds is 4. The Labute approximate surface area is 124 Å². The summed E-state index contributed by atoms with van der Waals surface area (Å²) in [6.45, 7) is 0.754. The molecule has 0 N–H and O–H groups in total. The van der Waals surface area contributed by atoms with E-state index in [4.69, 9.17) is 4.74 Å². The second-order valence-corrected chi connectivity index (χ2v) is 6.96. The van der Waals surface area contributed by atoms with Crippen LogP contribution in [0.3, 0.4) is 0 Å². The molecular weight excluding hydrogens is 270 g/mol. The first kappa shape index (κ1) is 14.1. The minimum atomic E-state index is 0.0115. The molecule has 0 saturated carbocycles. The van der Waals surface area contributed by atoms with Crippen LogP contribution < -0.4 is 0 Å². The lowest BCUT2D eigenvalue weighted by molar-refractivity contribution is -0.134. The first-order valence-electron chi connectivity index (χ1n) is 7.41. The Balaban J connectivity index is 1.54. The van der Waals surface area contributed by atoms with Crippen LogP contribution in [0, 0.1) is 5.92 Å². The first-order valence-corrected chi connectivity index (χ1v) is 8.56. The average Bonchev–Trinajstić information content (AvgIpc) is 2.93. The molecule has 2 atom stereocenters. The number of hydrogen-bond donors (Lipinski definition) is 0. The number of ether oxygens (including phenoxy) is 1. The number of thioether (sulfide) groups is 1. The molecule has 2 aliphatic rings. The number of carbonyl (C=O) groups is 1. The van der Waals surface area contributed by atoms with E-state index in [-0.39, 0.29) is 11.5 Å². The monoisotopic (exact) mass is 291 g/mol. The maximum atomic E-state index is 12.4. The summed E-state index contributed by atoms with van der Waals surface area (Å²) < 4.78 is 5.99. The van der Waals surface area contributed by atoms with Gasteiger partial charge in [-0.1, -0.05) is 6.07 Å². The quantitative estimate of drug-likeness (QED) is 0.855. The number of aromatic nitrogens is 1. The van der Waals surface area contributed by atoms with Gasteiger partial charge in [-0.05, 0) is 43.1 Å². The van der Waals surface area contributed by atoms with E-state index in [0.717, 1.165) is 43.6 Å². The molecule has 0 aromatic carbocycles. The minimum absolute atomic E-state index is 0.0115. The van der Waals surface area contributed by atoms with E-state index in [1.165, 1.54) is 5.75 Å². The molecule has 108 valence electrons. The van der Waals surface area contributed by atoms with Crippen LogP contribution in [-0.4, -0.2) is 34.5 Å². The number of pyridine rings is 1. The maximum Gasteiger partial charge on any atom is 0.136 e. The number of hydrogen-bond acceptors (Lipinski definition) is 4. The molecule has 2 fully saturated rings. The molecule has 0 amide bonds. The van der Waals surface area contributed by atoms with Crippen molar-refractivity contribution < 1.29 is 9.53 Å². The largest absolute Gasteiger partial charge is 0.374 e. The third kappa shape index (κ3) is 3.23. The topological polar surface area (TPSA) is 39.2 Å². The first-order chi connectivity index (χ1) is 9.77. The van der Waals surface area contributed by atoms with Gasteiger partial charge in [0.05, 0.1) is 5.60 Å². The highest BCUT2D eigenvalue weighted by Crippen LogP contribution is 2.40. The highest BCUT2D eigenvalue weighted by Gasteiger charge is 2.42. The third-order valence-electron chi connectivity index (χ3n) is 4.40. The molecule has 3 heterocycles. The van der Waals surface area contributed by atoms with E-state index in [1.54, 1.807) is 6.20 Å². The van der Waals surface area contributed by atoms with Crippen LogP contribution in [0.5, 0.6) is 0 Å². The van der Waals surface area contributed by atoms with Gasteiger partial charge in [0, 0.05) is 37.1 Å². The second kappa shape index (κ2) is 6.27. The van der Waals surface area contributed by atoms with Gasteiger partial charge < -0.3 is 4.74 Å². The SMILES string of the molecule is O=C(CCc1cccnc1)C1CCOC2(CCSC2)C1. The summed E-state index contributed by atoms with van der Waals surface area (Å²) in [5, 5.41) is 0. The van der Waals surface area contributed by atoms with Crippen molar-refractivity contribution in [3.8, 4) is 0 Å². The highest BCUT2D eigenvalue weighted by atomic mass is 32.2. The molecule has 3 nitrogen and oxygen atoms in total. The van der Waals surface area contributed by atoms with Gasteiger partial charge in [-0.2, -0.15) is 11.8 Å². The van der Waals surface area contributed by atoms with Gasteiger partial charge >= 0.3 is 0 Å². The molecule has 1 aromatic heterocycles. The molecule has 0 radical (unpaired) electrons. The van der Waals surface area contributed by atoms with E-state index in [1.807, 2.05) is 30.1 Å². The molecule has 2 saturated heterocycles. The zero-order valence-corrected chi connectivity index (χ0v) is 12.5. The lowest BCUT2D eigenvalue weighted by atomic mass is 9.82. The fourth-order valence-corrected chi connectivity index (χ4v) is 4.56. The molecule has 1 aromatic rings. The van der Waals surface area contributed by atoms with Crippen molar-refractivity contribution in [1.82, 2.24) is 4.98 Å². The Hall–Kier alpha value is -0.870. The Morgan fingerprint density at radius 3 is 3.25 bits per heavy atom. The molecule has 2 aliphatic heterocycles. The van der Waals surface area contributed by atoms with E-state index in [9.17, 15) is 4.79 Å². The van der Waals surface area contributed by atoms with Crippen LogP contribution in [0.1, 0.15) is 31.2 Å². The predicted octanol–water partition coefficient (Wildman–Crippen LogP) is 2.89. The van der Waals surface area contributed by atoms with Gasteiger partial charge in [0.2, 0.25) is 0 Å². The maximum absolute atomic E-state index is 12.4. The van der Waals surface area contributed by atoms with Crippen molar-refractivity contribution >= 4 is 17.5 Å².